The standard InChI is InChI=1S/C22H33N3O3/c1-15(28-14-16-10-9-11-17(12-16)27-8)20(26)23-19-13-18(21(2,3)4)24-25(19)22(5,6)7/h9-13,15H,14H2,1-8H3,(H,23,26). The van der Waals surface area contributed by atoms with E-state index in [9.17, 15) is 4.79 Å². The lowest BCUT2D eigenvalue weighted by Gasteiger charge is -2.23. The molecule has 2 aromatic rings. The summed E-state index contributed by atoms with van der Waals surface area (Å²) in [5, 5.41) is 7.71. The molecule has 0 saturated heterocycles. The number of aromatic nitrogens is 2. The Labute approximate surface area is 168 Å². The second-order valence-corrected chi connectivity index (χ2v) is 9.04. The number of anilines is 1. The maximum atomic E-state index is 12.7. The Morgan fingerprint density at radius 2 is 1.86 bits per heavy atom. The fourth-order valence-electron chi connectivity index (χ4n) is 2.64. The maximum absolute atomic E-state index is 12.7. The molecule has 0 bridgehead atoms. The van der Waals surface area contributed by atoms with E-state index in [1.807, 2.05) is 35.0 Å². The van der Waals surface area contributed by atoms with Crippen LogP contribution in [-0.2, 0) is 27.1 Å². The third-order valence-electron chi connectivity index (χ3n) is 4.37. The fraction of sp³-hybridized carbons (Fsp3) is 0.545. The Kier molecular flexibility index (Phi) is 6.55. The number of carbonyl (C=O) groups excluding carboxylic acids is 1. The average molecular weight is 388 g/mol. The van der Waals surface area contributed by atoms with Crippen molar-refractivity contribution < 1.29 is 14.3 Å². The highest BCUT2D eigenvalue weighted by atomic mass is 16.5. The summed E-state index contributed by atoms with van der Waals surface area (Å²) in [5.41, 5.74) is 1.53. The summed E-state index contributed by atoms with van der Waals surface area (Å²) >= 11 is 0. The number of methoxy groups -OCH3 is 1. The fourth-order valence-corrected chi connectivity index (χ4v) is 2.64. The summed E-state index contributed by atoms with van der Waals surface area (Å²) in [6.07, 6.45) is -0.604. The lowest BCUT2D eigenvalue weighted by atomic mass is 9.92. The molecule has 1 amide bonds. The molecular formula is C22H33N3O3. The van der Waals surface area contributed by atoms with E-state index in [1.165, 1.54) is 0 Å². The second-order valence-electron chi connectivity index (χ2n) is 9.04. The number of benzene rings is 1. The van der Waals surface area contributed by atoms with Crippen molar-refractivity contribution in [2.45, 2.75) is 72.1 Å². The Bertz CT molecular complexity index is 813. The van der Waals surface area contributed by atoms with Crippen LogP contribution in [0.15, 0.2) is 30.3 Å². The Morgan fingerprint density at radius 3 is 2.43 bits per heavy atom. The third-order valence-corrected chi connectivity index (χ3v) is 4.37. The molecule has 1 heterocycles. The minimum absolute atomic E-state index is 0.107. The van der Waals surface area contributed by atoms with Gasteiger partial charge in [-0.1, -0.05) is 32.9 Å². The zero-order valence-electron chi connectivity index (χ0n) is 18.3. The number of nitrogens with one attached hydrogen (secondary N) is 1. The number of amides is 1. The molecule has 154 valence electrons. The van der Waals surface area contributed by atoms with Gasteiger partial charge in [0, 0.05) is 11.5 Å². The Hall–Kier alpha value is -2.34. The average Bonchev–Trinajstić information content (AvgIpc) is 3.04. The van der Waals surface area contributed by atoms with Crippen LogP contribution in [-0.4, -0.2) is 28.9 Å². The number of nitrogens with zero attached hydrogens (tertiary/aromatic N) is 2. The van der Waals surface area contributed by atoms with Crippen LogP contribution in [0.3, 0.4) is 0 Å². The lowest BCUT2D eigenvalue weighted by molar-refractivity contribution is -0.127. The summed E-state index contributed by atoms with van der Waals surface area (Å²) < 4.78 is 12.8. The minimum Gasteiger partial charge on any atom is -0.497 e. The molecule has 6 heteroatoms. The van der Waals surface area contributed by atoms with Gasteiger partial charge in [-0.25, -0.2) is 4.68 Å². The number of hydrogen-bond acceptors (Lipinski definition) is 4. The van der Waals surface area contributed by atoms with Crippen LogP contribution in [0.1, 0.15) is 59.7 Å². The normalized spacial score (nSPS) is 13.3. The highest BCUT2D eigenvalue weighted by Gasteiger charge is 2.26. The first-order valence-corrected chi connectivity index (χ1v) is 9.58. The highest BCUT2D eigenvalue weighted by molar-refractivity contribution is 5.93. The monoisotopic (exact) mass is 387 g/mol. The third kappa shape index (κ3) is 5.58. The number of hydrogen-bond donors (Lipinski definition) is 1. The molecule has 1 N–H and O–H groups in total. The summed E-state index contributed by atoms with van der Waals surface area (Å²) in [7, 11) is 1.63. The van der Waals surface area contributed by atoms with Crippen molar-refractivity contribution >= 4 is 11.7 Å². The Balaban J connectivity index is 2.09. The van der Waals surface area contributed by atoms with E-state index in [2.05, 4.69) is 46.9 Å². The van der Waals surface area contributed by atoms with Crippen molar-refractivity contribution in [2.24, 2.45) is 0 Å². The van der Waals surface area contributed by atoms with Crippen LogP contribution in [0, 0.1) is 0 Å². The molecule has 6 nitrogen and oxygen atoms in total. The molecular weight excluding hydrogens is 354 g/mol. The van der Waals surface area contributed by atoms with E-state index >= 15 is 0 Å². The molecule has 1 aromatic heterocycles. The quantitative estimate of drug-likeness (QED) is 0.793. The van der Waals surface area contributed by atoms with Crippen molar-refractivity contribution in [2.75, 3.05) is 12.4 Å². The van der Waals surface area contributed by atoms with Gasteiger partial charge in [-0.15, -0.1) is 0 Å². The van der Waals surface area contributed by atoms with Crippen LogP contribution in [0.4, 0.5) is 5.82 Å². The molecule has 1 atom stereocenters. The van der Waals surface area contributed by atoms with E-state index in [1.54, 1.807) is 14.0 Å². The van der Waals surface area contributed by atoms with Crippen molar-refractivity contribution in [1.82, 2.24) is 9.78 Å². The summed E-state index contributed by atoms with van der Waals surface area (Å²) in [5.74, 6) is 1.25. The first-order chi connectivity index (χ1) is 12.9. The SMILES string of the molecule is COc1cccc(COC(C)C(=O)Nc2cc(C(C)(C)C)nn2C(C)(C)C)c1. The topological polar surface area (TPSA) is 65.4 Å². The zero-order chi connectivity index (χ0) is 21.1. The van der Waals surface area contributed by atoms with Crippen LogP contribution >= 0.6 is 0 Å². The molecule has 0 aliphatic carbocycles. The molecule has 1 unspecified atom stereocenters. The summed E-state index contributed by atoms with van der Waals surface area (Å²) in [6.45, 7) is 14.6. The summed E-state index contributed by atoms with van der Waals surface area (Å²) in [4.78, 5) is 12.7. The van der Waals surface area contributed by atoms with Gasteiger partial charge in [0.15, 0.2) is 0 Å². The van der Waals surface area contributed by atoms with Crippen molar-refractivity contribution in [3.63, 3.8) is 0 Å². The molecule has 0 spiro atoms. The van der Waals surface area contributed by atoms with Crippen LogP contribution in [0.5, 0.6) is 5.75 Å². The zero-order valence-corrected chi connectivity index (χ0v) is 18.3. The van der Waals surface area contributed by atoms with Gasteiger partial charge in [-0.2, -0.15) is 5.10 Å². The van der Waals surface area contributed by atoms with Crippen molar-refractivity contribution in [3.8, 4) is 5.75 Å². The lowest BCUT2D eigenvalue weighted by Crippen LogP contribution is -2.31. The van der Waals surface area contributed by atoms with Crippen molar-refractivity contribution in [1.29, 1.82) is 0 Å². The smallest absolute Gasteiger partial charge is 0.254 e. The van der Waals surface area contributed by atoms with E-state index < -0.39 is 6.10 Å². The van der Waals surface area contributed by atoms with Gasteiger partial charge < -0.3 is 14.8 Å². The van der Waals surface area contributed by atoms with Gasteiger partial charge >= 0.3 is 0 Å². The first kappa shape index (κ1) is 22.0. The largest absolute Gasteiger partial charge is 0.497 e. The molecule has 0 aliphatic heterocycles. The number of carbonyl (C=O) groups is 1. The van der Waals surface area contributed by atoms with Crippen LogP contribution < -0.4 is 10.1 Å². The predicted molar refractivity (Wildman–Crippen MR) is 112 cm³/mol. The second kappa shape index (κ2) is 8.35. The van der Waals surface area contributed by atoms with Gasteiger partial charge in [0.2, 0.25) is 0 Å². The number of ether oxygens (including phenoxy) is 2. The van der Waals surface area contributed by atoms with E-state index in [0.717, 1.165) is 17.0 Å². The first-order valence-electron chi connectivity index (χ1n) is 9.58. The van der Waals surface area contributed by atoms with Gasteiger partial charge in [0.25, 0.3) is 5.91 Å². The van der Waals surface area contributed by atoms with Gasteiger partial charge in [-0.3, -0.25) is 4.79 Å². The molecule has 0 saturated carbocycles. The molecule has 1 aromatic carbocycles. The summed E-state index contributed by atoms with van der Waals surface area (Å²) in [6, 6.07) is 9.56. The molecule has 2 rings (SSSR count). The van der Waals surface area contributed by atoms with Crippen LogP contribution in [0.2, 0.25) is 0 Å². The number of rotatable bonds is 6. The van der Waals surface area contributed by atoms with E-state index in [-0.39, 0.29) is 16.9 Å². The van der Waals surface area contributed by atoms with Gasteiger partial charge in [0.05, 0.1) is 24.9 Å². The minimum atomic E-state index is -0.604. The molecule has 0 aliphatic rings. The highest BCUT2D eigenvalue weighted by Crippen LogP contribution is 2.28. The molecule has 0 radical (unpaired) electrons. The predicted octanol–water partition coefficient (Wildman–Crippen LogP) is 4.49. The van der Waals surface area contributed by atoms with Crippen LogP contribution in [0.25, 0.3) is 0 Å². The maximum Gasteiger partial charge on any atom is 0.254 e. The molecule has 0 fully saturated rings. The van der Waals surface area contributed by atoms with Gasteiger partial charge in [0.1, 0.15) is 17.7 Å². The Morgan fingerprint density at radius 1 is 1.18 bits per heavy atom. The van der Waals surface area contributed by atoms with Crippen molar-refractivity contribution in [3.05, 3.63) is 41.6 Å². The van der Waals surface area contributed by atoms with E-state index in [4.69, 9.17) is 14.6 Å². The van der Waals surface area contributed by atoms with Gasteiger partial charge in [-0.05, 0) is 45.4 Å². The van der Waals surface area contributed by atoms with E-state index in [0.29, 0.717) is 12.4 Å². The molecule has 28 heavy (non-hydrogen) atoms.